The average molecular weight is 375 g/mol. The van der Waals surface area contributed by atoms with Gasteiger partial charge in [0.05, 0.1) is 0 Å². The number of nitrogens with zero attached hydrogens (tertiary/aromatic N) is 2. The molecule has 0 aliphatic carbocycles. The highest BCUT2D eigenvalue weighted by Gasteiger charge is 2.29. The molecule has 2 saturated heterocycles. The zero-order valence-electron chi connectivity index (χ0n) is 15.9. The van der Waals surface area contributed by atoms with Gasteiger partial charge >= 0.3 is 0 Å². The van der Waals surface area contributed by atoms with E-state index in [2.05, 4.69) is 40.7 Å². The molecule has 1 aromatic rings. The molecule has 2 aliphatic heterocycles. The van der Waals surface area contributed by atoms with E-state index in [1.165, 1.54) is 29.7 Å². The number of hydrogen-bond acceptors (Lipinski definition) is 3. The number of benzene rings is 1. The van der Waals surface area contributed by atoms with Crippen LogP contribution < -0.4 is 10.6 Å². The molecule has 1 amide bonds. The molecular formula is C20H30N4OS. The number of rotatable bonds is 6. The predicted molar refractivity (Wildman–Crippen MR) is 109 cm³/mol. The minimum atomic E-state index is 0.271. The van der Waals surface area contributed by atoms with Crippen molar-refractivity contribution >= 4 is 23.6 Å². The Morgan fingerprint density at radius 3 is 2.73 bits per heavy atom. The number of aliphatic imine (C=N–C) groups is 1. The van der Waals surface area contributed by atoms with Gasteiger partial charge < -0.3 is 15.5 Å². The Balaban J connectivity index is 1.55. The monoisotopic (exact) mass is 374 g/mol. The molecule has 0 spiro atoms. The van der Waals surface area contributed by atoms with Gasteiger partial charge in [0.15, 0.2) is 5.96 Å². The van der Waals surface area contributed by atoms with Crippen molar-refractivity contribution in [2.45, 2.75) is 50.4 Å². The minimum Gasteiger partial charge on any atom is -0.355 e. The molecule has 0 saturated carbocycles. The quantitative estimate of drug-likeness (QED) is 0.594. The van der Waals surface area contributed by atoms with Crippen molar-refractivity contribution in [3.05, 3.63) is 35.4 Å². The molecule has 0 aromatic heterocycles. The molecule has 5 nitrogen and oxygen atoms in total. The summed E-state index contributed by atoms with van der Waals surface area (Å²) in [6.07, 6.45) is 4.23. The minimum absolute atomic E-state index is 0.271. The summed E-state index contributed by atoms with van der Waals surface area (Å²) >= 11 is 2.05. The normalized spacial score (nSPS) is 23.5. The van der Waals surface area contributed by atoms with Crippen LogP contribution in [-0.2, 0) is 17.9 Å². The number of carbonyl (C=O) groups is 1. The number of likely N-dealkylation sites (tertiary alicyclic amines) is 1. The van der Waals surface area contributed by atoms with Crippen LogP contribution in [0.5, 0.6) is 0 Å². The van der Waals surface area contributed by atoms with E-state index in [1.54, 1.807) is 0 Å². The van der Waals surface area contributed by atoms with Crippen LogP contribution >= 0.6 is 11.8 Å². The van der Waals surface area contributed by atoms with Crippen molar-refractivity contribution in [2.75, 3.05) is 25.9 Å². The van der Waals surface area contributed by atoms with Crippen LogP contribution in [0, 0.1) is 0 Å². The molecule has 2 fully saturated rings. The van der Waals surface area contributed by atoms with Crippen LogP contribution in [0.25, 0.3) is 0 Å². The van der Waals surface area contributed by atoms with Crippen LogP contribution in [-0.4, -0.2) is 47.4 Å². The topological polar surface area (TPSA) is 56.7 Å². The van der Waals surface area contributed by atoms with Crippen molar-refractivity contribution in [1.29, 1.82) is 0 Å². The van der Waals surface area contributed by atoms with Crippen LogP contribution in [0.2, 0.25) is 0 Å². The van der Waals surface area contributed by atoms with E-state index < -0.39 is 0 Å². The van der Waals surface area contributed by atoms with Crippen LogP contribution in [0.15, 0.2) is 29.3 Å². The Kier molecular flexibility index (Phi) is 6.46. The smallest absolute Gasteiger partial charge is 0.222 e. The van der Waals surface area contributed by atoms with Crippen molar-refractivity contribution in [3.8, 4) is 0 Å². The molecule has 3 rings (SSSR count). The lowest BCUT2D eigenvalue weighted by Crippen LogP contribution is -2.43. The van der Waals surface area contributed by atoms with Crippen molar-refractivity contribution in [1.82, 2.24) is 15.5 Å². The fraction of sp³-hybridized carbons (Fsp3) is 0.600. The number of amides is 1. The van der Waals surface area contributed by atoms with E-state index in [0.717, 1.165) is 25.5 Å². The number of nitrogens with one attached hydrogen (secondary N) is 2. The van der Waals surface area contributed by atoms with Gasteiger partial charge in [-0.05, 0) is 43.1 Å². The zero-order valence-corrected chi connectivity index (χ0v) is 16.7. The Morgan fingerprint density at radius 2 is 2.08 bits per heavy atom. The van der Waals surface area contributed by atoms with Crippen molar-refractivity contribution in [2.24, 2.45) is 4.99 Å². The van der Waals surface area contributed by atoms with Gasteiger partial charge in [-0.2, -0.15) is 11.8 Å². The molecule has 26 heavy (non-hydrogen) atoms. The van der Waals surface area contributed by atoms with Gasteiger partial charge in [-0.15, -0.1) is 0 Å². The number of guanidine groups is 1. The molecule has 142 valence electrons. The lowest BCUT2D eigenvalue weighted by atomic mass is 10.1. The highest BCUT2D eigenvalue weighted by molar-refractivity contribution is 8.00. The molecule has 1 atom stereocenters. The summed E-state index contributed by atoms with van der Waals surface area (Å²) < 4.78 is 0.311. The summed E-state index contributed by atoms with van der Waals surface area (Å²) in [6.45, 7) is 5.55. The second-order valence-corrected chi connectivity index (χ2v) is 9.05. The number of carbonyl (C=O) groups excluding carboxylic acids is 1. The van der Waals surface area contributed by atoms with Gasteiger partial charge in [0.25, 0.3) is 0 Å². The first kappa shape index (κ1) is 19.1. The van der Waals surface area contributed by atoms with E-state index in [0.29, 0.717) is 24.3 Å². The number of thioether (sulfide) groups is 1. The Labute approximate surface area is 161 Å². The molecule has 2 N–H and O–H groups in total. The first-order valence-corrected chi connectivity index (χ1v) is 10.5. The molecule has 2 aliphatic rings. The third-order valence-electron chi connectivity index (χ3n) is 5.25. The third kappa shape index (κ3) is 4.93. The average Bonchev–Trinajstić information content (AvgIpc) is 3.25. The maximum Gasteiger partial charge on any atom is 0.222 e. The summed E-state index contributed by atoms with van der Waals surface area (Å²) in [5.41, 5.74) is 2.43. The van der Waals surface area contributed by atoms with Gasteiger partial charge in [0.2, 0.25) is 5.91 Å². The second kappa shape index (κ2) is 8.80. The first-order valence-electron chi connectivity index (χ1n) is 9.53. The standard InChI is InChI=1S/C20H30N4OS/c1-20(10-6-12-26-20)15-23-19(21-2)22-13-16-7-3-4-8-17(16)14-24-11-5-9-18(24)25/h3-4,7-8H,5-6,9-15H2,1-2H3,(H2,21,22,23). The van der Waals surface area contributed by atoms with Crippen molar-refractivity contribution in [3.63, 3.8) is 0 Å². The van der Waals surface area contributed by atoms with E-state index in [9.17, 15) is 4.79 Å². The van der Waals surface area contributed by atoms with Crippen LogP contribution in [0.4, 0.5) is 0 Å². The maximum atomic E-state index is 11.9. The van der Waals surface area contributed by atoms with E-state index in [1.807, 2.05) is 29.8 Å². The van der Waals surface area contributed by atoms with Gasteiger partial charge in [-0.1, -0.05) is 24.3 Å². The van der Waals surface area contributed by atoms with Crippen molar-refractivity contribution < 1.29 is 4.79 Å². The fourth-order valence-electron chi connectivity index (χ4n) is 3.61. The Hall–Kier alpha value is -1.69. The summed E-state index contributed by atoms with van der Waals surface area (Å²) in [4.78, 5) is 18.2. The Morgan fingerprint density at radius 1 is 1.27 bits per heavy atom. The molecule has 1 unspecified atom stereocenters. The molecule has 0 bridgehead atoms. The molecule has 6 heteroatoms. The highest BCUT2D eigenvalue weighted by Crippen LogP contribution is 2.36. The summed E-state index contributed by atoms with van der Waals surface area (Å²) in [5, 5.41) is 6.90. The third-order valence-corrected chi connectivity index (χ3v) is 6.79. The SMILES string of the molecule is CN=C(NCc1ccccc1CN1CCCC1=O)NCC1(C)CCCS1. The van der Waals surface area contributed by atoms with E-state index in [-0.39, 0.29) is 5.91 Å². The highest BCUT2D eigenvalue weighted by atomic mass is 32.2. The maximum absolute atomic E-state index is 11.9. The predicted octanol–water partition coefficient (Wildman–Crippen LogP) is 2.76. The molecule has 2 heterocycles. The lowest BCUT2D eigenvalue weighted by Gasteiger charge is -2.24. The summed E-state index contributed by atoms with van der Waals surface area (Å²) in [7, 11) is 1.81. The largest absolute Gasteiger partial charge is 0.355 e. The fourth-order valence-corrected chi connectivity index (χ4v) is 4.85. The molecule has 1 aromatic carbocycles. The van der Waals surface area contributed by atoms with Gasteiger partial charge in [-0.25, -0.2) is 0 Å². The van der Waals surface area contributed by atoms with E-state index >= 15 is 0 Å². The first-order chi connectivity index (χ1) is 12.6. The van der Waals surface area contributed by atoms with E-state index in [4.69, 9.17) is 0 Å². The lowest BCUT2D eigenvalue weighted by molar-refractivity contribution is -0.128. The van der Waals surface area contributed by atoms with Crippen LogP contribution in [0.1, 0.15) is 43.7 Å². The number of hydrogen-bond donors (Lipinski definition) is 2. The Bertz CT molecular complexity index is 655. The van der Waals surface area contributed by atoms with Gasteiger partial charge in [-0.3, -0.25) is 9.79 Å². The van der Waals surface area contributed by atoms with Crippen LogP contribution in [0.3, 0.4) is 0 Å². The summed E-state index contributed by atoms with van der Waals surface area (Å²) in [5.74, 6) is 2.37. The van der Waals surface area contributed by atoms with Gasteiger partial charge in [0.1, 0.15) is 0 Å². The summed E-state index contributed by atoms with van der Waals surface area (Å²) in [6, 6.07) is 8.35. The zero-order chi connectivity index (χ0) is 18.4. The second-order valence-electron chi connectivity index (χ2n) is 7.37. The molecule has 0 radical (unpaired) electrons. The molecular weight excluding hydrogens is 344 g/mol. The van der Waals surface area contributed by atoms with Gasteiger partial charge in [0, 0.05) is 44.4 Å².